The summed E-state index contributed by atoms with van der Waals surface area (Å²) in [7, 11) is 6.56. The lowest BCUT2D eigenvalue weighted by molar-refractivity contribution is 0.358. The van der Waals surface area contributed by atoms with E-state index in [0.717, 1.165) is 16.9 Å². The van der Waals surface area contributed by atoms with E-state index in [2.05, 4.69) is 22.2 Å². The van der Waals surface area contributed by atoms with Crippen LogP contribution in [0.15, 0.2) is 54.0 Å². The first-order valence-electron chi connectivity index (χ1n) is 9.21. The van der Waals surface area contributed by atoms with E-state index in [4.69, 9.17) is 18.9 Å². The van der Waals surface area contributed by atoms with E-state index in [-0.39, 0.29) is 0 Å². The van der Waals surface area contributed by atoms with E-state index < -0.39 is 0 Å². The number of benzene rings is 2. The molecule has 0 spiro atoms. The summed E-state index contributed by atoms with van der Waals surface area (Å²) in [4.78, 5) is 4.29. The molecule has 156 valence electrons. The summed E-state index contributed by atoms with van der Waals surface area (Å²) in [6, 6.07) is 11.5. The molecule has 2 aromatic rings. The summed E-state index contributed by atoms with van der Waals surface area (Å²) in [6.07, 6.45) is 1.72. The predicted molar refractivity (Wildman–Crippen MR) is 115 cm³/mol. The van der Waals surface area contributed by atoms with Crippen LogP contribution in [-0.2, 0) is 13.1 Å². The first-order valence-corrected chi connectivity index (χ1v) is 9.21. The molecule has 0 aliphatic rings. The van der Waals surface area contributed by atoms with Gasteiger partial charge >= 0.3 is 0 Å². The Morgan fingerprint density at radius 3 is 2.21 bits per heavy atom. The first kappa shape index (κ1) is 21.9. The molecule has 0 fully saturated rings. The second-order valence-electron chi connectivity index (χ2n) is 6.00. The first-order chi connectivity index (χ1) is 14.2. The van der Waals surface area contributed by atoms with Crippen molar-refractivity contribution < 1.29 is 18.9 Å². The molecule has 29 heavy (non-hydrogen) atoms. The van der Waals surface area contributed by atoms with E-state index in [1.165, 1.54) is 0 Å². The van der Waals surface area contributed by atoms with Crippen molar-refractivity contribution in [2.75, 3.05) is 35.0 Å². The van der Waals surface area contributed by atoms with Crippen molar-refractivity contribution in [2.45, 2.75) is 13.1 Å². The molecule has 0 unspecified atom stereocenters. The van der Waals surface area contributed by atoms with Crippen LogP contribution < -0.4 is 29.6 Å². The van der Waals surface area contributed by atoms with Crippen molar-refractivity contribution in [1.29, 1.82) is 0 Å². The summed E-state index contributed by atoms with van der Waals surface area (Å²) in [5, 5.41) is 6.58. The highest BCUT2D eigenvalue weighted by atomic mass is 16.5. The molecule has 0 heterocycles. The molecule has 0 saturated carbocycles. The molecule has 0 aliphatic heterocycles. The highest BCUT2D eigenvalue weighted by Gasteiger charge is 2.14. The van der Waals surface area contributed by atoms with Crippen LogP contribution in [0.2, 0.25) is 0 Å². The zero-order chi connectivity index (χ0) is 21.1. The smallest absolute Gasteiger partial charge is 0.191 e. The number of ether oxygens (including phenoxy) is 4. The third-order valence-electron chi connectivity index (χ3n) is 4.25. The molecule has 0 bridgehead atoms. The van der Waals surface area contributed by atoms with Gasteiger partial charge in [0.2, 0.25) is 0 Å². The molecule has 0 aliphatic carbocycles. The Morgan fingerprint density at radius 2 is 1.62 bits per heavy atom. The van der Waals surface area contributed by atoms with Gasteiger partial charge in [0.1, 0.15) is 29.6 Å². The maximum atomic E-state index is 5.70. The Kier molecular flexibility index (Phi) is 8.69. The maximum Gasteiger partial charge on any atom is 0.191 e. The number of nitrogens with one attached hydrogen (secondary N) is 2. The lowest BCUT2D eigenvalue weighted by Gasteiger charge is -2.18. The molecule has 2 rings (SSSR count). The van der Waals surface area contributed by atoms with Gasteiger partial charge in [-0.05, 0) is 6.07 Å². The van der Waals surface area contributed by atoms with Gasteiger partial charge in [0.05, 0.1) is 33.4 Å². The fourth-order valence-corrected chi connectivity index (χ4v) is 2.76. The molecule has 0 radical (unpaired) electrons. The Bertz CT molecular complexity index is 812. The second-order valence-corrected chi connectivity index (χ2v) is 6.00. The van der Waals surface area contributed by atoms with Gasteiger partial charge in [0.15, 0.2) is 5.96 Å². The summed E-state index contributed by atoms with van der Waals surface area (Å²) >= 11 is 0. The zero-order valence-electron chi connectivity index (χ0n) is 17.5. The average molecular weight is 399 g/mol. The van der Waals surface area contributed by atoms with Crippen LogP contribution in [0, 0.1) is 0 Å². The quantitative estimate of drug-likeness (QED) is 0.363. The number of methoxy groups -OCH3 is 3. The lowest BCUT2D eigenvalue weighted by atomic mass is 10.1. The number of rotatable bonds is 10. The molecular formula is C22H29N3O4. The molecule has 2 aromatic carbocycles. The largest absolute Gasteiger partial charge is 0.496 e. The van der Waals surface area contributed by atoms with Crippen LogP contribution in [0.25, 0.3) is 0 Å². The van der Waals surface area contributed by atoms with E-state index in [1.807, 2.05) is 36.4 Å². The van der Waals surface area contributed by atoms with Crippen molar-refractivity contribution in [3.63, 3.8) is 0 Å². The molecule has 7 heteroatoms. The van der Waals surface area contributed by atoms with Crippen LogP contribution in [0.5, 0.6) is 23.0 Å². The fourth-order valence-electron chi connectivity index (χ4n) is 2.76. The van der Waals surface area contributed by atoms with Crippen molar-refractivity contribution in [1.82, 2.24) is 10.6 Å². The van der Waals surface area contributed by atoms with Gasteiger partial charge in [-0.25, -0.2) is 0 Å². The lowest BCUT2D eigenvalue weighted by Crippen LogP contribution is -2.36. The molecule has 0 aromatic heterocycles. The van der Waals surface area contributed by atoms with Gasteiger partial charge in [0, 0.05) is 31.3 Å². The molecule has 7 nitrogen and oxygen atoms in total. The SMILES string of the molecule is C=CCOc1ccccc1CNC(=NC)NCc1c(OC)cc(OC)cc1OC. The molecule has 0 atom stereocenters. The number of aliphatic imine (C=N–C) groups is 1. The molecule has 2 N–H and O–H groups in total. The van der Waals surface area contributed by atoms with Crippen LogP contribution in [0.3, 0.4) is 0 Å². The highest BCUT2D eigenvalue weighted by molar-refractivity contribution is 5.79. The number of hydrogen-bond donors (Lipinski definition) is 2. The van der Waals surface area contributed by atoms with Gasteiger partial charge in [0.25, 0.3) is 0 Å². The Hall–Kier alpha value is -3.35. The van der Waals surface area contributed by atoms with Gasteiger partial charge in [-0.3, -0.25) is 4.99 Å². The molecular weight excluding hydrogens is 370 g/mol. The number of guanidine groups is 1. The maximum absolute atomic E-state index is 5.70. The Morgan fingerprint density at radius 1 is 0.966 bits per heavy atom. The van der Waals surface area contributed by atoms with Crippen LogP contribution in [-0.4, -0.2) is 40.9 Å². The van der Waals surface area contributed by atoms with Gasteiger partial charge < -0.3 is 29.6 Å². The van der Waals surface area contributed by atoms with E-state index in [0.29, 0.717) is 42.9 Å². The van der Waals surface area contributed by atoms with E-state index in [1.54, 1.807) is 34.5 Å². The average Bonchev–Trinajstić information content (AvgIpc) is 2.77. The van der Waals surface area contributed by atoms with Crippen molar-refractivity contribution in [3.8, 4) is 23.0 Å². The summed E-state index contributed by atoms with van der Waals surface area (Å²) < 4.78 is 22.0. The summed E-state index contributed by atoms with van der Waals surface area (Å²) in [5.74, 6) is 3.47. The highest BCUT2D eigenvalue weighted by Crippen LogP contribution is 2.33. The summed E-state index contributed by atoms with van der Waals surface area (Å²) in [5.41, 5.74) is 1.89. The van der Waals surface area contributed by atoms with Crippen LogP contribution in [0.1, 0.15) is 11.1 Å². The minimum absolute atomic E-state index is 0.459. The normalized spacial score (nSPS) is 10.8. The molecule has 0 amide bonds. The fraction of sp³-hybridized carbons (Fsp3) is 0.318. The van der Waals surface area contributed by atoms with Gasteiger partial charge in [-0.2, -0.15) is 0 Å². The van der Waals surface area contributed by atoms with Crippen molar-refractivity contribution in [3.05, 3.63) is 60.2 Å². The summed E-state index contributed by atoms with van der Waals surface area (Å²) in [6.45, 7) is 5.17. The van der Waals surface area contributed by atoms with Gasteiger partial charge in [-0.15, -0.1) is 0 Å². The minimum Gasteiger partial charge on any atom is -0.496 e. The standard InChI is InChI=1S/C22H29N3O4/c1-6-11-29-19-10-8-7-9-16(19)14-24-22(23-2)25-15-18-20(27-4)12-17(26-3)13-21(18)28-5/h6-10,12-13H,1,11,14-15H2,2-5H3,(H2,23,24,25). The Labute approximate surface area is 172 Å². The van der Waals surface area contributed by atoms with E-state index in [9.17, 15) is 0 Å². The van der Waals surface area contributed by atoms with Crippen LogP contribution >= 0.6 is 0 Å². The minimum atomic E-state index is 0.459. The monoisotopic (exact) mass is 399 g/mol. The molecule has 0 saturated heterocycles. The topological polar surface area (TPSA) is 73.3 Å². The third kappa shape index (κ3) is 6.07. The van der Waals surface area contributed by atoms with Gasteiger partial charge in [-0.1, -0.05) is 30.9 Å². The van der Waals surface area contributed by atoms with Crippen molar-refractivity contribution in [2.24, 2.45) is 4.99 Å². The van der Waals surface area contributed by atoms with Crippen molar-refractivity contribution >= 4 is 5.96 Å². The number of para-hydroxylation sites is 1. The Balaban J connectivity index is 2.06. The van der Waals surface area contributed by atoms with Crippen LogP contribution in [0.4, 0.5) is 0 Å². The number of nitrogens with zero attached hydrogens (tertiary/aromatic N) is 1. The number of hydrogen-bond acceptors (Lipinski definition) is 5. The third-order valence-corrected chi connectivity index (χ3v) is 4.25. The zero-order valence-corrected chi connectivity index (χ0v) is 17.5. The predicted octanol–water partition coefficient (Wildman–Crippen LogP) is 3.14. The second kappa shape index (κ2) is 11.5. The van der Waals surface area contributed by atoms with E-state index >= 15 is 0 Å².